The Bertz CT molecular complexity index is 806. The average Bonchev–Trinajstić information content (AvgIpc) is 2.49. The predicted octanol–water partition coefficient (Wildman–Crippen LogP) is 2.62. The van der Waals surface area contributed by atoms with Crippen LogP contribution < -0.4 is 4.18 Å². The Kier molecular flexibility index (Phi) is 4.07. The first kappa shape index (κ1) is 14.4. The first-order chi connectivity index (χ1) is 10.0. The standard InChI is InChI=1S/C14H8N2O4S/c1-16-12-7-11(3-5-14(12)18)21(19)20-10-2-4-13(17)9(6-10)8-15/h2-7,17-18H. The van der Waals surface area contributed by atoms with Gasteiger partial charge in [-0.05, 0) is 30.3 Å². The molecule has 2 aromatic rings. The highest BCUT2D eigenvalue weighted by molar-refractivity contribution is 7.80. The van der Waals surface area contributed by atoms with Crippen molar-refractivity contribution >= 4 is 16.8 Å². The third kappa shape index (κ3) is 3.11. The van der Waals surface area contributed by atoms with Gasteiger partial charge >= 0.3 is 0 Å². The van der Waals surface area contributed by atoms with Crippen LogP contribution in [0, 0.1) is 17.9 Å². The summed E-state index contributed by atoms with van der Waals surface area (Å²) in [5.41, 5.74) is -0.0371. The average molecular weight is 300 g/mol. The summed E-state index contributed by atoms with van der Waals surface area (Å²) in [6, 6.07) is 9.52. The van der Waals surface area contributed by atoms with Crippen LogP contribution in [0.4, 0.5) is 5.69 Å². The Hall–Kier alpha value is -3.03. The smallest absolute Gasteiger partial charge is 0.239 e. The molecule has 0 aliphatic heterocycles. The minimum atomic E-state index is -1.92. The Morgan fingerprint density at radius 2 is 1.90 bits per heavy atom. The molecule has 0 amide bonds. The van der Waals surface area contributed by atoms with E-state index < -0.39 is 11.1 Å². The van der Waals surface area contributed by atoms with E-state index in [9.17, 15) is 14.4 Å². The number of phenolic OH excluding ortho intramolecular Hbond substituents is 2. The number of aromatic hydroxyl groups is 2. The Balaban J connectivity index is 2.27. The largest absolute Gasteiger partial charge is 0.519 e. The summed E-state index contributed by atoms with van der Waals surface area (Å²) in [5.74, 6) is -0.266. The molecule has 0 heterocycles. The fraction of sp³-hybridized carbons (Fsp3) is 0. The number of phenols is 2. The summed E-state index contributed by atoms with van der Waals surface area (Å²) in [6.07, 6.45) is 0. The van der Waals surface area contributed by atoms with Crippen molar-refractivity contribution in [2.75, 3.05) is 0 Å². The van der Waals surface area contributed by atoms with Gasteiger partial charge in [-0.2, -0.15) is 5.26 Å². The van der Waals surface area contributed by atoms with E-state index in [1.54, 1.807) is 6.07 Å². The molecule has 0 aliphatic carbocycles. The highest BCUT2D eigenvalue weighted by Gasteiger charge is 2.11. The second kappa shape index (κ2) is 5.95. The van der Waals surface area contributed by atoms with Gasteiger partial charge in [0.15, 0.2) is 0 Å². The van der Waals surface area contributed by atoms with Crippen molar-refractivity contribution in [1.82, 2.24) is 0 Å². The lowest BCUT2D eigenvalue weighted by molar-refractivity contribution is 0.471. The lowest BCUT2D eigenvalue weighted by atomic mass is 10.2. The van der Waals surface area contributed by atoms with Crippen LogP contribution in [-0.4, -0.2) is 14.4 Å². The van der Waals surface area contributed by atoms with Crippen molar-refractivity contribution in [2.24, 2.45) is 0 Å². The highest BCUT2D eigenvalue weighted by atomic mass is 32.2. The summed E-state index contributed by atoms with van der Waals surface area (Å²) >= 11 is -1.92. The maximum Gasteiger partial charge on any atom is 0.239 e. The predicted molar refractivity (Wildman–Crippen MR) is 74.2 cm³/mol. The van der Waals surface area contributed by atoms with E-state index >= 15 is 0 Å². The molecule has 7 heteroatoms. The van der Waals surface area contributed by atoms with Gasteiger partial charge in [0.1, 0.15) is 23.3 Å². The Morgan fingerprint density at radius 3 is 2.57 bits per heavy atom. The number of hydrogen-bond acceptors (Lipinski definition) is 5. The molecule has 0 aliphatic rings. The van der Waals surface area contributed by atoms with E-state index in [0.29, 0.717) is 0 Å². The monoisotopic (exact) mass is 300 g/mol. The van der Waals surface area contributed by atoms with Crippen LogP contribution in [0.25, 0.3) is 4.85 Å². The van der Waals surface area contributed by atoms with Crippen molar-refractivity contribution < 1.29 is 18.6 Å². The van der Waals surface area contributed by atoms with E-state index in [-0.39, 0.29) is 33.4 Å². The van der Waals surface area contributed by atoms with Gasteiger partial charge in [0.05, 0.1) is 17.0 Å². The van der Waals surface area contributed by atoms with Gasteiger partial charge in [0, 0.05) is 6.07 Å². The number of rotatable bonds is 3. The molecule has 104 valence electrons. The van der Waals surface area contributed by atoms with Gasteiger partial charge in [-0.25, -0.2) is 9.05 Å². The number of hydrogen-bond donors (Lipinski definition) is 2. The molecule has 2 N–H and O–H groups in total. The van der Waals surface area contributed by atoms with Crippen molar-refractivity contribution in [3.8, 4) is 23.3 Å². The van der Waals surface area contributed by atoms with Crippen molar-refractivity contribution in [2.45, 2.75) is 4.90 Å². The molecule has 0 saturated carbocycles. The first-order valence-electron chi connectivity index (χ1n) is 5.59. The van der Waals surface area contributed by atoms with Gasteiger partial charge < -0.3 is 14.4 Å². The fourth-order valence-electron chi connectivity index (χ4n) is 1.49. The maximum atomic E-state index is 12.0. The second-order valence-corrected chi connectivity index (χ2v) is 4.98. The lowest BCUT2D eigenvalue weighted by Crippen LogP contribution is -2.01. The molecule has 0 spiro atoms. The zero-order valence-corrected chi connectivity index (χ0v) is 11.3. The molecule has 2 rings (SSSR count). The van der Waals surface area contributed by atoms with Crippen LogP contribution in [0.15, 0.2) is 41.3 Å². The third-order valence-electron chi connectivity index (χ3n) is 2.52. The maximum absolute atomic E-state index is 12.0. The molecule has 0 aromatic heterocycles. The van der Waals surface area contributed by atoms with Gasteiger partial charge in [-0.1, -0.05) is 0 Å². The molecular weight excluding hydrogens is 292 g/mol. The normalized spacial score (nSPS) is 11.1. The van der Waals surface area contributed by atoms with E-state index in [2.05, 4.69) is 4.85 Å². The summed E-state index contributed by atoms with van der Waals surface area (Å²) < 4.78 is 17.2. The van der Waals surface area contributed by atoms with Crippen molar-refractivity contribution in [3.05, 3.63) is 53.4 Å². The van der Waals surface area contributed by atoms with Crippen LogP contribution in [0.1, 0.15) is 5.56 Å². The first-order valence-corrected chi connectivity index (χ1v) is 6.66. The molecule has 6 nitrogen and oxygen atoms in total. The van der Waals surface area contributed by atoms with Gasteiger partial charge in [0.25, 0.3) is 0 Å². The van der Waals surface area contributed by atoms with E-state index in [1.807, 2.05) is 0 Å². The van der Waals surface area contributed by atoms with Crippen LogP contribution in [0.5, 0.6) is 17.2 Å². The number of nitrogens with zero attached hydrogens (tertiary/aromatic N) is 2. The van der Waals surface area contributed by atoms with Crippen LogP contribution in [-0.2, 0) is 11.1 Å². The van der Waals surface area contributed by atoms with Gasteiger partial charge in [0.2, 0.25) is 16.8 Å². The fourth-order valence-corrected chi connectivity index (χ4v) is 2.25. The van der Waals surface area contributed by atoms with E-state index in [0.717, 1.165) is 0 Å². The summed E-state index contributed by atoms with van der Waals surface area (Å²) in [6.45, 7) is 6.88. The van der Waals surface area contributed by atoms with Crippen LogP contribution in [0.3, 0.4) is 0 Å². The molecule has 21 heavy (non-hydrogen) atoms. The minimum absolute atomic E-state index is 0.00273. The Morgan fingerprint density at radius 1 is 1.19 bits per heavy atom. The summed E-state index contributed by atoms with van der Waals surface area (Å²) in [5, 5.41) is 27.5. The molecule has 0 bridgehead atoms. The topological polar surface area (TPSA) is 94.9 Å². The quantitative estimate of drug-likeness (QED) is 0.850. The molecule has 0 fully saturated rings. The molecule has 0 radical (unpaired) electrons. The SMILES string of the molecule is [C-]#[N+]c1cc(S(=O)Oc2ccc(O)c(C#N)c2)ccc1O. The molecule has 1 unspecified atom stereocenters. The second-order valence-electron chi connectivity index (χ2n) is 3.87. The van der Waals surface area contributed by atoms with Crippen LogP contribution in [0.2, 0.25) is 0 Å². The van der Waals surface area contributed by atoms with Gasteiger partial charge in [-0.15, -0.1) is 0 Å². The molecule has 2 aromatic carbocycles. The summed E-state index contributed by atoms with van der Waals surface area (Å²) in [7, 11) is 0. The van der Waals surface area contributed by atoms with Gasteiger partial charge in [-0.3, -0.25) is 0 Å². The summed E-state index contributed by atoms with van der Waals surface area (Å²) in [4.78, 5) is 3.29. The van der Waals surface area contributed by atoms with Crippen molar-refractivity contribution in [3.63, 3.8) is 0 Å². The van der Waals surface area contributed by atoms with E-state index in [4.69, 9.17) is 16.0 Å². The Labute approximate surface area is 122 Å². The van der Waals surface area contributed by atoms with Crippen LogP contribution >= 0.6 is 0 Å². The lowest BCUT2D eigenvalue weighted by Gasteiger charge is -2.06. The number of benzene rings is 2. The zero-order chi connectivity index (χ0) is 15.4. The highest BCUT2D eigenvalue weighted by Crippen LogP contribution is 2.29. The molecular formula is C14H8N2O4S. The molecule has 0 saturated heterocycles. The third-order valence-corrected chi connectivity index (χ3v) is 3.50. The molecule has 1 atom stereocenters. The number of nitriles is 1. The van der Waals surface area contributed by atoms with Crippen molar-refractivity contribution in [1.29, 1.82) is 5.26 Å². The minimum Gasteiger partial charge on any atom is -0.519 e. The zero-order valence-electron chi connectivity index (χ0n) is 10.5. The van der Waals surface area contributed by atoms with E-state index in [1.165, 1.54) is 36.4 Å².